The second-order valence-corrected chi connectivity index (χ2v) is 3.56. The van der Waals surface area contributed by atoms with E-state index in [2.05, 4.69) is 5.32 Å². The Morgan fingerprint density at radius 1 is 1.38 bits per heavy atom. The van der Waals surface area contributed by atoms with Crippen molar-refractivity contribution in [2.75, 3.05) is 13.1 Å². The molecule has 0 fully saturated rings. The highest BCUT2D eigenvalue weighted by atomic mass is 16.4. The van der Waals surface area contributed by atoms with Gasteiger partial charge in [0.2, 0.25) is 5.91 Å². The van der Waals surface area contributed by atoms with Gasteiger partial charge >= 0.3 is 12.0 Å². The largest absolute Gasteiger partial charge is 0.481 e. The number of carboxylic acids is 1. The molecule has 0 aromatic carbocycles. The molecule has 0 aromatic heterocycles. The monoisotopic (exact) mass is 231 g/mol. The summed E-state index contributed by atoms with van der Waals surface area (Å²) in [5.74, 6) is -1.60. The highest BCUT2D eigenvalue weighted by molar-refractivity contribution is 5.83. The normalized spacial score (nSPS) is 9.94. The van der Waals surface area contributed by atoms with Crippen LogP contribution in [0, 0.1) is 0 Å². The standard InChI is InChI=1S/C9H17N3O4/c1-6(2)12(5-7(10)13)9(16)11-4-3-8(14)15/h6H,3-5H2,1-2H3,(H2,10,13)(H,11,16)(H,14,15). The summed E-state index contributed by atoms with van der Waals surface area (Å²) < 4.78 is 0. The van der Waals surface area contributed by atoms with Crippen molar-refractivity contribution in [2.45, 2.75) is 26.3 Å². The van der Waals surface area contributed by atoms with Crippen LogP contribution in [0.15, 0.2) is 0 Å². The number of amides is 3. The van der Waals surface area contributed by atoms with Crippen molar-refractivity contribution in [2.24, 2.45) is 5.73 Å². The van der Waals surface area contributed by atoms with Crippen LogP contribution in [0.2, 0.25) is 0 Å². The number of hydrogen-bond acceptors (Lipinski definition) is 3. The van der Waals surface area contributed by atoms with Crippen molar-refractivity contribution in [3.8, 4) is 0 Å². The predicted octanol–water partition coefficient (Wildman–Crippen LogP) is -0.634. The van der Waals surface area contributed by atoms with Gasteiger partial charge in [0, 0.05) is 12.6 Å². The van der Waals surface area contributed by atoms with Crippen molar-refractivity contribution in [1.82, 2.24) is 10.2 Å². The average Bonchev–Trinajstić information content (AvgIpc) is 2.12. The van der Waals surface area contributed by atoms with Crippen LogP contribution in [0.25, 0.3) is 0 Å². The van der Waals surface area contributed by atoms with Gasteiger partial charge < -0.3 is 21.1 Å². The summed E-state index contributed by atoms with van der Waals surface area (Å²) in [4.78, 5) is 33.7. The first-order valence-electron chi connectivity index (χ1n) is 4.89. The van der Waals surface area contributed by atoms with Crippen molar-refractivity contribution in [3.05, 3.63) is 0 Å². The lowest BCUT2D eigenvalue weighted by Crippen LogP contribution is -2.48. The summed E-state index contributed by atoms with van der Waals surface area (Å²) in [7, 11) is 0. The Morgan fingerprint density at radius 2 is 1.94 bits per heavy atom. The Labute approximate surface area is 93.6 Å². The molecule has 16 heavy (non-hydrogen) atoms. The minimum absolute atomic E-state index is 0.0240. The van der Waals surface area contributed by atoms with Gasteiger partial charge in [0.1, 0.15) is 6.54 Å². The van der Waals surface area contributed by atoms with E-state index in [1.807, 2.05) is 0 Å². The summed E-state index contributed by atoms with van der Waals surface area (Å²) in [5, 5.41) is 10.8. The van der Waals surface area contributed by atoms with Crippen LogP contribution in [-0.4, -0.2) is 47.0 Å². The van der Waals surface area contributed by atoms with Crippen LogP contribution in [-0.2, 0) is 9.59 Å². The SMILES string of the molecule is CC(C)N(CC(N)=O)C(=O)NCCC(=O)O. The smallest absolute Gasteiger partial charge is 0.318 e. The van der Waals surface area contributed by atoms with E-state index in [1.165, 1.54) is 4.90 Å². The third kappa shape index (κ3) is 5.84. The van der Waals surface area contributed by atoms with E-state index in [0.29, 0.717) is 0 Å². The van der Waals surface area contributed by atoms with Crippen LogP contribution < -0.4 is 11.1 Å². The maximum atomic E-state index is 11.5. The fraction of sp³-hybridized carbons (Fsp3) is 0.667. The number of carbonyl (C=O) groups is 3. The molecular formula is C9H17N3O4. The fourth-order valence-corrected chi connectivity index (χ4v) is 1.03. The van der Waals surface area contributed by atoms with Crippen molar-refractivity contribution >= 4 is 17.9 Å². The Hall–Kier alpha value is -1.79. The Morgan fingerprint density at radius 3 is 2.31 bits per heavy atom. The number of hydrogen-bond donors (Lipinski definition) is 3. The van der Waals surface area contributed by atoms with Gasteiger partial charge in [-0.3, -0.25) is 9.59 Å². The van der Waals surface area contributed by atoms with E-state index in [1.54, 1.807) is 13.8 Å². The predicted molar refractivity (Wildman–Crippen MR) is 56.7 cm³/mol. The zero-order valence-corrected chi connectivity index (χ0v) is 9.40. The average molecular weight is 231 g/mol. The highest BCUT2D eigenvalue weighted by Gasteiger charge is 2.18. The van der Waals surface area contributed by atoms with Gasteiger partial charge in [0.15, 0.2) is 0 Å². The molecular weight excluding hydrogens is 214 g/mol. The summed E-state index contributed by atoms with van der Waals surface area (Å²) in [6.45, 7) is 3.31. The maximum Gasteiger partial charge on any atom is 0.318 e. The van der Waals surface area contributed by atoms with E-state index in [9.17, 15) is 14.4 Å². The number of aliphatic carboxylic acids is 1. The second-order valence-electron chi connectivity index (χ2n) is 3.56. The number of nitrogens with two attached hydrogens (primary N) is 1. The molecule has 0 unspecified atom stereocenters. The first-order valence-corrected chi connectivity index (χ1v) is 4.89. The molecule has 0 heterocycles. The minimum atomic E-state index is -0.994. The first-order chi connectivity index (χ1) is 7.34. The van der Waals surface area contributed by atoms with Crippen LogP contribution in [0.1, 0.15) is 20.3 Å². The van der Waals surface area contributed by atoms with E-state index >= 15 is 0 Å². The van der Waals surface area contributed by atoms with E-state index in [0.717, 1.165) is 0 Å². The topological polar surface area (TPSA) is 113 Å². The van der Waals surface area contributed by atoms with Crippen molar-refractivity contribution in [3.63, 3.8) is 0 Å². The molecule has 0 spiro atoms. The number of nitrogens with one attached hydrogen (secondary N) is 1. The highest BCUT2D eigenvalue weighted by Crippen LogP contribution is 1.97. The lowest BCUT2D eigenvalue weighted by atomic mass is 10.3. The van der Waals surface area contributed by atoms with Crippen LogP contribution >= 0.6 is 0 Å². The lowest BCUT2D eigenvalue weighted by Gasteiger charge is -2.25. The lowest BCUT2D eigenvalue weighted by molar-refractivity contribution is -0.136. The number of carbonyl (C=O) groups excluding carboxylic acids is 2. The van der Waals surface area contributed by atoms with E-state index in [4.69, 9.17) is 10.8 Å². The summed E-state index contributed by atoms with van der Waals surface area (Å²) in [6, 6.07) is -0.674. The molecule has 4 N–H and O–H groups in total. The Bertz CT molecular complexity index is 278. The number of primary amides is 1. The molecule has 0 atom stereocenters. The van der Waals surface area contributed by atoms with Crippen molar-refractivity contribution < 1.29 is 19.5 Å². The molecule has 0 aliphatic rings. The minimum Gasteiger partial charge on any atom is -0.481 e. The Balaban J connectivity index is 4.17. The zero-order chi connectivity index (χ0) is 12.7. The summed E-state index contributed by atoms with van der Waals surface area (Å²) >= 11 is 0. The molecule has 0 bridgehead atoms. The summed E-state index contributed by atoms with van der Waals surface area (Å²) in [6.07, 6.45) is -0.158. The van der Waals surface area contributed by atoms with Gasteiger partial charge in [-0.1, -0.05) is 0 Å². The molecule has 0 aliphatic carbocycles. The molecule has 7 nitrogen and oxygen atoms in total. The van der Waals surface area contributed by atoms with Gasteiger partial charge in [0.25, 0.3) is 0 Å². The third-order valence-corrected chi connectivity index (χ3v) is 1.83. The summed E-state index contributed by atoms with van der Waals surface area (Å²) in [5.41, 5.74) is 4.99. The van der Waals surface area contributed by atoms with Gasteiger partial charge in [-0.15, -0.1) is 0 Å². The van der Waals surface area contributed by atoms with Crippen LogP contribution in [0.3, 0.4) is 0 Å². The molecule has 0 aromatic rings. The molecule has 3 amide bonds. The fourth-order valence-electron chi connectivity index (χ4n) is 1.03. The van der Waals surface area contributed by atoms with Gasteiger partial charge in [0.05, 0.1) is 6.42 Å². The molecule has 0 saturated carbocycles. The van der Waals surface area contributed by atoms with Crippen molar-refractivity contribution in [1.29, 1.82) is 0 Å². The van der Waals surface area contributed by atoms with Gasteiger partial charge in [-0.05, 0) is 13.8 Å². The van der Waals surface area contributed by atoms with E-state index < -0.39 is 17.9 Å². The molecule has 0 saturated heterocycles. The molecule has 92 valence electrons. The van der Waals surface area contributed by atoms with Gasteiger partial charge in [-0.2, -0.15) is 0 Å². The van der Waals surface area contributed by atoms with E-state index in [-0.39, 0.29) is 25.6 Å². The van der Waals surface area contributed by atoms with Crippen LogP contribution in [0.5, 0.6) is 0 Å². The number of nitrogens with zero attached hydrogens (tertiary/aromatic N) is 1. The molecule has 7 heteroatoms. The first kappa shape index (κ1) is 14.2. The maximum absolute atomic E-state index is 11.5. The van der Waals surface area contributed by atoms with Gasteiger partial charge in [-0.25, -0.2) is 4.79 Å². The second kappa shape index (κ2) is 6.65. The quantitative estimate of drug-likeness (QED) is 0.564. The van der Waals surface area contributed by atoms with Crippen LogP contribution in [0.4, 0.5) is 4.79 Å². The zero-order valence-electron chi connectivity index (χ0n) is 9.40. The number of carboxylic acid groups (broad SMARTS) is 1. The molecule has 0 rings (SSSR count). The molecule has 0 radical (unpaired) electrons. The Kier molecular flexibility index (Phi) is 5.91. The molecule has 0 aliphatic heterocycles. The number of urea groups is 1. The third-order valence-electron chi connectivity index (χ3n) is 1.83. The number of rotatable bonds is 6.